The summed E-state index contributed by atoms with van der Waals surface area (Å²) >= 11 is 0. The van der Waals surface area contributed by atoms with E-state index in [9.17, 15) is 0 Å². The summed E-state index contributed by atoms with van der Waals surface area (Å²) < 4.78 is 0. The van der Waals surface area contributed by atoms with Crippen molar-refractivity contribution in [3.63, 3.8) is 0 Å². The van der Waals surface area contributed by atoms with Gasteiger partial charge in [-0.1, -0.05) is 0 Å². The van der Waals surface area contributed by atoms with Crippen LogP contribution in [0.25, 0.3) is 0 Å². The van der Waals surface area contributed by atoms with Crippen LogP contribution in [0.15, 0.2) is 24.3 Å². The summed E-state index contributed by atoms with van der Waals surface area (Å²) in [5, 5.41) is 0. The van der Waals surface area contributed by atoms with E-state index < -0.39 is 0 Å². The Hall–Kier alpha value is -0.995. The third-order valence-corrected chi connectivity index (χ3v) is 2.34. The molecule has 0 atom stereocenters. The molecule has 14 heavy (non-hydrogen) atoms. The van der Waals surface area contributed by atoms with Gasteiger partial charge in [0.15, 0.2) is 0 Å². The third kappa shape index (κ3) is 2.75. The molecule has 0 unspecified atom stereocenters. The van der Waals surface area contributed by atoms with Crippen LogP contribution in [-0.4, -0.2) is 31.9 Å². The van der Waals surface area contributed by atoms with Crippen molar-refractivity contribution in [3.05, 3.63) is 24.3 Å². The first kappa shape index (κ1) is 13.0. The molecule has 2 rings (SSSR count). The maximum atomic E-state index is 5.70. The molecule has 1 aromatic rings. The predicted octanol–water partition coefficient (Wildman–Crippen LogP) is 0.727. The molecule has 74 valence electrons. The summed E-state index contributed by atoms with van der Waals surface area (Å²) in [6.07, 6.45) is 2.63. The maximum Gasteiger partial charge on any atom is -0.870 e. The Bertz CT molecular complexity index is 275. The van der Waals surface area contributed by atoms with Gasteiger partial charge in [0.25, 0.3) is 0 Å². The van der Waals surface area contributed by atoms with Crippen LogP contribution >= 0.6 is 0 Å². The van der Waals surface area contributed by atoms with Crippen LogP contribution in [0.5, 0.6) is 0 Å². The van der Waals surface area contributed by atoms with Crippen LogP contribution in [0.2, 0.25) is 0 Å². The SMILES string of the molecule is [B+2]c1cccc(N2CCCC2)c1.[OH-].[OH-]. The Balaban J connectivity index is 0.000000845. The molecular weight excluding hydrogens is 177 g/mol. The molecule has 0 aliphatic carbocycles. The van der Waals surface area contributed by atoms with E-state index in [1.54, 1.807) is 0 Å². The number of nitrogens with zero attached hydrogens (tertiary/aromatic N) is 1. The van der Waals surface area contributed by atoms with Crippen molar-refractivity contribution in [1.82, 2.24) is 0 Å². The molecule has 1 aliphatic rings. The molecule has 1 fully saturated rings. The number of hydrogen-bond acceptors (Lipinski definition) is 3. The fourth-order valence-electron chi connectivity index (χ4n) is 1.70. The van der Waals surface area contributed by atoms with E-state index in [1.807, 2.05) is 18.2 Å². The fraction of sp³-hybridized carbons (Fsp3) is 0.400. The molecule has 0 spiro atoms. The van der Waals surface area contributed by atoms with E-state index in [1.165, 1.54) is 31.6 Å². The van der Waals surface area contributed by atoms with Gasteiger partial charge in [0.05, 0.1) is 0 Å². The Morgan fingerprint density at radius 2 is 1.71 bits per heavy atom. The number of anilines is 1. The maximum absolute atomic E-state index is 5.70. The summed E-state index contributed by atoms with van der Waals surface area (Å²) in [5.41, 5.74) is 2.13. The van der Waals surface area contributed by atoms with Gasteiger partial charge < -0.3 is 11.0 Å². The summed E-state index contributed by atoms with van der Waals surface area (Å²) in [6.45, 7) is 2.37. The van der Waals surface area contributed by atoms with Crippen molar-refractivity contribution in [2.45, 2.75) is 12.8 Å². The second kappa shape index (κ2) is 5.68. The summed E-state index contributed by atoms with van der Waals surface area (Å²) in [6, 6.07) is 8.12. The quantitative estimate of drug-likeness (QED) is 0.614. The molecule has 3 nitrogen and oxygen atoms in total. The van der Waals surface area contributed by atoms with Gasteiger partial charge in [0.2, 0.25) is 0 Å². The van der Waals surface area contributed by atoms with Crippen LogP contribution in [0.1, 0.15) is 12.8 Å². The summed E-state index contributed by atoms with van der Waals surface area (Å²) in [7, 11) is 5.70. The van der Waals surface area contributed by atoms with Gasteiger partial charge in [-0.25, -0.2) is 0 Å². The average Bonchev–Trinajstić information content (AvgIpc) is 2.56. The predicted molar refractivity (Wildman–Crippen MR) is 57.1 cm³/mol. The van der Waals surface area contributed by atoms with Crippen molar-refractivity contribution >= 4 is 19.0 Å². The average molecular weight is 191 g/mol. The monoisotopic (exact) mass is 191 g/mol. The Morgan fingerprint density at radius 3 is 2.29 bits per heavy atom. The van der Waals surface area contributed by atoms with E-state index >= 15 is 0 Å². The second-order valence-corrected chi connectivity index (χ2v) is 3.29. The smallest absolute Gasteiger partial charge is 0.870 e. The fourth-order valence-corrected chi connectivity index (χ4v) is 1.70. The second-order valence-electron chi connectivity index (χ2n) is 3.29. The molecule has 1 aromatic carbocycles. The van der Waals surface area contributed by atoms with Crippen molar-refractivity contribution in [2.75, 3.05) is 18.0 Å². The molecule has 0 amide bonds. The van der Waals surface area contributed by atoms with Crippen LogP contribution in [0, 0.1) is 0 Å². The van der Waals surface area contributed by atoms with Crippen molar-refractivity contribution in [3.8, 4) is 0 Å². The van der Waals surface area contributed by atoms with E-state index in [4.69, 9.17) is 7.85 Å². The molecule has 1 saturated heterocycles. The van der Waals surface area contributed by atoms with E-state index in [0.717, 1.165) is 5.46 Å². The van der Waals surface area contributed by atoms with Gasteiger partial charge >= 0.3 is 74.1 Å². The molecule has 4 heteroatoms. The Labute approximate surface area is 85.8 Å². The zero-order valence-corrected chi connectivity index (χ0v) is 8.06. The minimum Gasteiger partial charge on any atom is -0.870 e. The van der Waals surface area contributed by atoms with Crippen LogP contribution in [0.4, 0.5) is 5.69 Å². The standard InChI is InChI=1S/C10H12BN.2H2O/c11-9-4-3-5-10(8-9)12-6-1-2-7-12;;/h3-5,8H,1-2,6-7H2;2*1H2/q+2;;/p-2. The largest absolute Gasteiger partial charge is 0.870 e. The van der Waals surface area contributed by atoms with Gasteiger partial charge in [-0.3, -0.25) is 0 Å². The number of hydrogen-bond donors (Lipinski definition) is 0. The summed E-state index contributed by atoms with van der Waals surface area (Å²) in [5.74, 6) is 0. The molecule has 0 bridgehead atoms. The summed E-state index contributed by atoms with van der Waals surface area (Å²) in [4.78, 5) is 2.39. The van der Waals surface area contributed by atoms with Gasteiger partial charge in [-0.2, -0.15) is 0 Å². The minimum absolute atomic E-state index is 0. The van der Waals surface area contributed by atoms with Gasteiger partial charge in [0, 0.05) is 0 Å². The normalized spacial score (nSPS) is 14.6. The minimum atomic E-state index is 0. The molecule has 0 aromatic heterocycles. The van der Waals surface area contributed by atoms with Crippen molar-refractivity contribution < 1.29 is 11.0 Å². The molecule has 0 radical (unpaired) electrons. The first-order chi connectivity index (χ1) is 5.86. The topological polar surface area (TPSA) is 63.2 Å². The van der Waals surface area contributed by atoms with Crippen molar-refractivity contribution in [1.29, 1.82) is 0 Å². The van der Waals surface area contributed by atoms with E-state index in [-0.39, 0.29) is 11.0 Å². The molecule has 1 heterocycles. The molecular formula is C10H14BNO2. The number of rotatable bonds is 1. The first-order valence-corrected chi connectivity index (χ1v) is 4.47. The molecule has 1 aliphatic heterocycles. The Morgan fingerprint density at radius 1 is 1.07 bits per heavy atom. The van der Waals surface area contributed by atoms with Gasteiger partial charge in [-0.05, 0) is 0 Å². The van der Waals surface area contributed by atoms with Crippen molar-refractivity contribution in [2.24, 2.45) is 0 Å². The van der Waals surface area contributed by atoms with Crippen LogP contribution < -0.4 is 10.4 Å². The number of benzene rings is 1. The zero-order valence-electron chi connectivity index (χ0n) is 8.06. The van der Waals surface area contributed by atoms with E-state index in [2.05, 4.69) is 11.0 Å². The first-order valence-electron chi connectivity index (χ1n) is 4.47. The molecule has 2 N–H and O–H groups in total. The van der Waals surface area contributed by atoms with Gasteiger partial charge in [-0.15, -0.1) is 0 Å². The van der Waals surface area contributed by atoms with Crippen LogP contribution in [0.3, 0.4) is 0 Å². The van der Waals surface area contributed by atoms with Gasteiger partial charge in [0.1, 0.15) is 0 Å². The third-order valence-electron chi connectivity index (χ3n) is 2.34. The molecule has 0 saturated carbocycles. The zero-order chi connectivity index (χ0) is 8.39. The van der Waals surface area contributed by atoms with E-state index in [0.29, 0.717) is 0 Å². The Kier molecular flexibility index (Phi) is 5.27. The van der Waals surface area contributed by atoms with Crippen LogP contribution in [-0.2, 0) is 0 Å².